The van der Waals surface area contributed by atoms with Crippen molar-refractivity contribution in [3.8, 4) is 23.0 Å². The Kier molecular flexibility index (Phi) is 6.31. The van der Waals surface area contributed by atoms with Gasteiger partial charge in [-0.2, -0.15) is 0 Å². The maximum Gasteiger partial charge on any atom is 0.255 e. The summed E-state index contributed by atoms with van der Waals surface area (Å²) in [5.74, 6) is 1.70. The highest BCUT2D eigenvalue weighted by Crippen LogP contribution is 2.39. The van der Waals surface area contributed by atoms with Crippen molar-refractivity contribution in [3.05, 3.63) is 48.0 Å². The summed E-state index contributed by atoms with van der Waals surface area (Å²) in [4.78, 5) is 12.4. The number of benzene rings is 2. The van der Waals surface area contributed by atoms with E-state index in [4.69, 9.17) is 18.9 Å². The molecule has 0 aliphatic heterocycles. The molecule has 0 spiro atoms. The number of carbonyl (C=O) groups excluding carboxylic acids is 1. The summed E-state index contributed by atoms with van der Waals surface area (Å²) in [5.41, 5.74) is 0.370. The predicted molar refractivity (Wildman–Crippen MR) is 90.4 cm³/mol. The van der Waals surface area contributed by atoms with Gasteiger partial charge in [0.25, 0.3) is 5.91 Å². The van der Waals surface area contributed by atoms with E-state index in [1.807, 2.05) is 30.3 Å². The molecular formula is C18H21NO5. The van der Waals surface area contributed by atoms with Gasteiger partial charge in [-0.1, -0.05) is 18.2 Å². The molecule has 24 heavy (non-hydrogen) atoms. The van der Waals surface area contributed by atoms with Crippen molar-refractivity contribution in [2.45, 2.75) is 0 Å². The highest BCUT2D eigenvalue weighted by Gasteiger charge is 2.20. The second-order valence-corrected chi connectivity index (χ2v) is 4.80. The van der Waals surface area contributed by atoms with Crippen molar-refractivity contribution in [2.24, 2.45) is 0 Å². The van der Waals surface area contributed by atoms with Crippen LogP contribution in [0.3, 0.4) is 0 Å². The van der Waals surface area contributed by atoms with E-state index in [0.29, 0.717) is 36.0 Å². The normalized spacial score (nSPS) is 9.96. The van der Waals surface area contributed by atoms with Crippen molar-refractivity contribution < 1.29 is 23.7 Å². The Bertz CT molecular complexity index is 673. The zero-order chi connectivity index (χ0) is 17.4. The minimum absolute atomic E-state index is 0.274. The number of methoxy groups -OCH3 is 3. The largest absolute Gasteiger partial charge is 0.493 e. The second-order valence-electron chi connectivity index (χ2n) is 4.80. The molecule has 128 valence electrons. The summed E-state index contributed by atoms with van der Waals surface area (Å²) in [7, 11) is 4.50. The first kappa shape index (κ1) is 17.5. The molecule has 6 heteroatoms. The first-order chi connectivity index (χ1) is 11.7. The third-order valence-corrected chi connectivity index (χ3v) is 3.35. The van der Waals surface area contributed by atoms with Gasteiger partial charge in [0.15, 0.2) is 11.5 Å². The van der Waals surface area contributed by atoms with E-state index in [1.165, 1.54) is 21.3 Å². The zero-order valence-electron chi connectivity index (χ0n) is 14.0. The Labute approximate surface area is 141 Å². The third kappa shape index (κ3) is 4.10. The van der Waals surface area contributed by atoms with E-state index >= 15 is 0 Å². The van der Waals surface area contributed by atoms with Crippen molar-refractivity contribution in [1.29, 1.82) is 0 Å². The SMILES string of the molecule is COc1ccc(C(=O)NCCOc2ccccc2)c(OC)c1OC. The van der Waals surface area contributed by atoms with Crippen LogP contribution in [0.4, 0.5) is 0 Å². The molecule has 0 aliphatic rings. The fourth-order valence-electron chi connectivity index (χ4n) is 2.23. The second kappa shape index (κ2) is 8.67. The molecule has 6 nitrogen and oxygen atoms in total. The maximum atomic E-state index is 12.4. The minimum atomic E-state index is -0.274. The van der Waals surface area contributed by atoms with Crippen LogP contribution in [0.5, 0.6) is 23.0 Å². The summed E-state index contributed by atoms with van der Waals surface area (Å²) in [6.45, 7) is 0.733. The van der Waals surface area contributed by atoms with E-state index in [0.717, 1.165) is 5.75 Å². The number of amides is 1. The van der Waals surface area contributed by atoms with Crippen LogP contribution in [-0.4, -0.2) is 40.4 Å². The van der Waals surface area contributed by atoms with E-state index < -0.39 is 0 Å². The van der Waals surface area contributed by atoms with Crippen molar-refractivity contribution in [3.63, 3.8) is 0 Å². The number of para-hydroxylation sites is 1. The number of hydrogen-bond donors (Lipinski definition) is 1. The monoisotopic (exact) mass is 331 g/mol. The maximum absolute atomic E-state index is 12.4. The molecule has 0 aromatic heterocycles. The Balaban J connectivity index is 1.99. The average Bonchev–Trinajstić information content (AvgIpc) is 2.64. The summed E-state index contributed by atoms with van der Waals surface area (Å²) in [5, 5.41) is 2.79. The first-order valence-corrected chi connectivity index (χ1v) is 7.46. The summed E-state index contributed by atoms with van der Waals surface area (Å²) >= 11 is 0. The number of carbonyl (C=O) groups is 1. The van der Waals surface area contributed by atoms with Crippen molar-refractivity contribution in [2.75, 3.05) is 34.5 Å². The van der Waals surface area contributed by atoms with E-state index in [1.54, 1.807) is 12.1 Å². The van der Waals surface area contributed by atoms with Crippen LogP contribution in [0.2, 0.25) is 0 Å². The lowest BCUT2D eigenvalue weighted by molar-refractivity contribution is 0.0943. The van der Waals surface area contributed by atoms with Gasteiger partial charge in [-0.3, -0.25) is 4.79 Å². The van der Waals surface area contributed by atoms with Gasteiger partial charge in [0.05, 0.1) is 33.4 Å². The van der Waals surface area contributed by atoms with Crippen LogP contribution in [0.15, 0.2) is 42.5 Å². The Hall–Kier alpha value is -2.89. The highest BCUT2D eigenvalue weighted by molar-refractivity contribution is 5.98. The molecule has 2 rings (SSSR count). The quantitative estimate of drug-likeness (QED) is 0.753. The fraction of sp³-hybridized carbons (Fsp3) is 0.278. The molecule has 2 aromatic carbocycles. The molecule has 0 heterocycles. The fourth-order valence-corrected chi connectivity index (χ4v) is 2.23. The topological polar surface area (TPSA) is 66.0 Å². The summed E-state index contributed by atoms with van der Waals surface area (Å²) in [6.07, 6.45) is 0. The van der Waals surface area contributed by atoms with Crippen molar-refractivity contribution >= 4 is 5.91 Å². The van der Waals surface area contributed by atoms with Crippen molar-refractivity contribution in [1.82, 2.24) is 5.32 Å². The van der Waals surface area contributed by atoms with Gasteiger partial charge in [0.2, 0.25) is 5.75 Å². The number of rotatable bonds is 8. The molecule has 1 N–H and O–H groups in total. The highest BCUT2D eigenvalue weighted by atomic mass is 16.5. The smallest absolute Gasteiger partial charge is 0.255 e. The van der Waals surface area contributed by atoms with Crippen LogP contribution in [0.1, 0.15) is 10.4 Å². The molecule has 0 bridgehead atoms. The lowest BCUT2D eigenvalue weighted by atomic mass is 10.1. The van der Waals surface area contributed by atoms with Gasteiger partial charge in [-0.25, -0.2) is 0 Å². The van der Waals surface area contributed by atoms with Gasteiger partial charge in [-0.15, -0.1) is 0 Å². The van der Waals surface area contributed by atoms with Gasteiger partial charge in [-0.05, 0) is 24.3 Å². The van der Waals surface area contributed by atoms with E-state index in [2.05, 4.69) is 5.32 Å². The molecular weight excluding hydrogens is 310 g/mol. The molecule has 0 saturated heterocycles. The predicted octanol–water partition coefficient (Wildman–Crippen LogP) is 2.52. The Morgan fingerprint density at radius 3 is 2.25 bits per heavy atom. The van der Waals surface area contributed by atoms with E-state index in [9.17, 15) is 4.79 Å². The average molecular weight is 331 g/mol. The lowest BCUT2D eigenvalue weighted by Crippen LogP contribution is -2.28. The third-order valence-electron chi connectivity index (χ3n) is 3.35. The Morgan fingerprint density at radius 1 is 0.917 bits per heavy atom. The van der Waals surface area contributed by atoms with Crippen LogP contribution in [-0.2, 0) is 0 Å². The van der Waals surface area contributed by atoms with Gasteiger partial charge in [0.1, 0.15) is 12.4 Å². The summed E-state index contributed by atoms with van der Waals surface area (Å²) in [6, 6.07) is 12.7. The molecule has 0 unspecified atom stereocenters. The van der Waals surface area contributed by atoms with Gasteiger partial charge >= 0.3 is 0 Å². The molecule has 1 amide bonds. The van der Waals surface area contributed by atoms with Gasteiger partial charge in [0, 0.05) is 0 Å². The lowest BCUT2D eigenvalue weighted by Gasteiger charge is -2.15. The number of hydrogen-bond acceptors (Lipinski definition) is 5. The van der Waals surface area contributed by atoms with Crippen LogP contribution in [0, 0.1) is 0 Å². The molecule has 2 aromatic rings. The van der Waals surface area contributed by atoms with E-state index in [-0.39, 0.29) is 5.91 Å². The molecule has 0 atom stereocenters. The Morgan fingerprint density at radius 2 is 1.62 bits per heavy atom. The van der Waals surface area contributed by atoms with Crippen LogP contribution < -0.4 is 24.3 Å². The molecule has 0 radical (unpaired) electrons. The number of ether oxygens (including phenoxy) is 4. The van der Waals surface area contributed by atoms with Crippen LogP contribution >= 0.6 is 0 Å². The molecule has 0 aliphatic carbocycles. The number of nitrogens with one attached hydrogen (secondary N) is 1. The zero-order valence-corrected chi connectivity index (χ0v) is 14.0. The molecule has 0 fully saturated rings. The van der Waals surface area contributed by atoms with Crippen LogP contribution in [0.25, 0.3) is 0 Å². The minimum Gasteiger partial charge on any atom is -0.493 e. The summed E-state index contributed by atoms with van der Waals surface area (Å²) < 4.78 is 21.3. The first-order valence-electron chi connectivity index (χ1n) is 7.46. The molecule has 0 saturated carbocycles. The van der Waals surface area contributed by atoms with Gasteiger partial charge < -0.3 is 24.3 Å². The standard InChI is InChI=1S/C18H21NO5/c1-21-15-10-9-14(16(22-2)17(15)23-3)18(20)19-11-12-24-13-7-5-4-6-8-13/h4-10H,11-12H2,1-3H3,(H,19,20).